The summed E-state index contributed by atoms with van der Waals surface area (Å²) < 4.78 is 13.1. The second-order valence-electron chi connectivity index (χ2n) is 2.68. The van der Waals surface area contributed by atoms with Crippen molar-refractivity contribution < 1.29 is 9.18 Å². The van der Waals surface area contributed by atoms with Crippen molar-refractivity contribution in [3.05, 3.63) is 35.1 Å². The lowest BCUT2D eigenvalue weighted by molar-refractivity contribution is -0.107. The number of benzene rings is 1. The van der Waals surface area contributed by atoms with E-state index in [2.05, 4.69) is 11.8 Å². The largest absolute Gasteiger partial charge is 0.326 e. The van der Waals surface area contributed by atoms with Crippen molar-refractivity contribution in [2.24, 2.45) is 5.73 Å². The van der Waals surface area contributed by atoms with Crippen molar-refractivity contribution in [3.8, 4) is 11.8 Å². The van der Waals surface area contributed by atoms with E-state index in [1.54, 1.807) is 12.1 Å². The first-order valence-corrected chi connectivity index (χ1v) is 4.19. The molecule has 0 bridgehead atoms. The number of nitrogens with two attached hydrogens (primary N) is 1. The molecule has 72 valence electrons. The Morgan fingerprint density at radius 2 is 2.29 bits per heavy atom. The molecule has 0 aromatic heterocycles. The topological polar surface area (TPSA) is 43.1 Å². The molecule has 0 amide bonds. The van der Waals surface area contributed by atoms with Crippen molar-refractivity contribution >= 4 is 6.29 Å². The minimum absolute atomic E-state index is 0.167. The van der Waals surface area contributed by atoms with Crippen LogP contribution in [0.25, 0.3) is 0 Å². The summed E-state index contributed by atoms with van der Waals surface area (Å²) in [7, 11) is 0. The standard InChI is InChI=1S/C11H10FNO/c12-11-7-9(3-1-2-6-14)4-5-10(11)8-13/h4-7H,2,8,13H2. The summed E-state index contributed by atoms with van der Waals surface area (Å²) in [5, 5.41) is 0. The smallest absolute Gasteiger partial charge is 0.131 e. The number of rotatable bonds is 2. The molecule has 2 N–H and O–H groups in total. The SMILES string of the molecule is NCc1ccc(C#CCC=O)cc1F. The second kappa shape index (κ2) is 5.15. The lowest BCUT2D eigenvalue weighted by Gasteiger charge is -1.98. The highest BCUT2D eigenvalue weighted by Gasteiger charge is 1.99. The molecule has 0 fully saturated rings. The Balaban J connectivity index is 2.87. The van der Waals surface area contributed by atoms with Gasteiger partial charge in [-0.25, -0.2) is 4.39 Å². The van der Waals surface area contributed by atoms with E-state index in [0.29, 0.717) is 17.4 Å². The quantitative estimate of drug-likeness (QED) is 0.564. The zero-order valence-electron chi connectivity index (χ0n) is 7.59. The van der Waals surface area contributed by atoms with Gasteiger partial charge in [-0.05, 0) is 12.1 Å². The molecule has 0 aliphatic rings. The molecule has 1 rings (SSSR count). The number of aldehydes is 1. The highest BCUT2D eigenvalue weighted by molar-refractivity contribution is 5.55. The van der Waals surface area contributed by atoms with E-state index in [4.69, 9.17) is 5.73 Å². The molecule has 0 aliphatic heterocycles. The van der Waals surface area contributed by atoms with E-state index in [1.165, 1.54) is 6.07 Å². The van der Waals surface area contributed by atoms with Gasteiger partial charge < -0.3 is 10.5 Å². The van der Waals surface area contributed by atoms with E-state index >= 15 is 0 Å². The van der Waals surface area contributed by atoms with Crippen LogP contribution in [0, 0.1) is 17.7 Å². The lowest BCUT2D eigenvalue weighted by Crippen LogP contribution is -1.99. The van der Waals surface area contributed by atoms with Gasteiger partial charge in [-0.1, -0.05) is 17.9 Å². The molecule has 0 unspecified atom stereocenters. The first-order valence-electron chi connectivity index (χ1n) is 4.19. The Morgan fingerprint density at radius 1 is 1.50 bits per heavy atom. The molecule has 2 nitrogen and oxygen atoms in total. The predicted octanol–water partition coefficient (Wildman–Crippen LogP) is 1.22. The number of carbonyl (C=O) groups excluding carboxylic acids is 1. The predicted molar refractivity (Wildman–Crippen MR) is 51.9 cm³/mol. The maximum atomic E-state index is 13.1. The molecule has 0 saturated carbocycles. The Kier molecular flexibility index (Phi) is 3.84. The fourth-order valence-electron chi connectivity index (χ4n) is 0.985. The third-order valence-corrected chi connectivity index (χ3v) is 1.69. The summed E-state index contributed by atoms with van der Waals surface area (Å²) in [6.07, 6.45) is 0.873. The molecule has 0 aliphatic carbocycles. The third kappa shape index (κ3) is 2.68. The highest BCUT2D eigenvalue weighted by atomic mass is 19.1. The minimum Gasteiger partial charge on any atom is -0.326 e. The van der Waals surface area contributed by atoms with Crippen molar-refractivity contribution in [2.45, 2.75) is 13.0 Å². The number of hydrogen-bond donors (Lipinski definition) is 1. The molecular formula is C11H10FNO. The van der Waals surface area contributed by atoms with Crippen molar-refractivity contribution in [1.29, 1.82) is 0 Å². The summed E-state index contributed by atoms with van der Waals surface area (Å²) in [5.41, 5.74) is 6.32. The zero-order chi connectivity index (χ0) is 10.4. The van der Waals surface area contributed by atoms with Gasteiger partial charge in [0.05, 0.1) is 6.42 Å². The minimum atomic E-state index is -0.356. The van der Waals surface area contributed by atoms with E-state index < -0.39 is 0 Å². The van der Waals surface area contributed by atoms with Gasteiger partial charge in [0.15, 0.2) is 0 Å². The van der Waals surface area contributed by atoms with Crippen LogP contribution in [0.4, 0.5) is 4.39 Å². The molecule has 0 saturated heterocycles. The molecule has 0 atom stereocenters. The van der Waals surface area contributed by atoms with E-state index in [-0.39, 0.29) is 18.8 Å². The van der Waals surface area contributed by atoms with Gasteiger partial charge in [0, 0.05) is 17.7 Å². The van der Waals surface area contributed by atoms with Crippen LogP contribution in [-0.4, -0.2) is 6.29 Å². The molecule has 1 aromatic carbocycles. The summed E-state index contributed by atoms with van der Waals surface area (Å²) >= 11 is 0. The van der Waals surface area contributed by atoms with Gasteiger partial charge in [0.25, 0.3) is 0 Å². The van der Waals surface area contributed by atoms with Gasteiger partial charge in [0.1, 0.15) is 12.1 Å². The zero-order valence-corrected chi connectivity index (χ0v) is 7.59. The monoisotopic (exact) mass is 191 g/mol. The Labute approximate surface area is 81.9 Å². The van der Waals surface area contributed by atoms with Crippen LogP contribution in [0.5, 0.6) is 0 Å². The van der Waals surface area contributed by atoms with E-state index in [0.717, 1.165) is 0 Å². The Hall–Kier alpha value is -1.66. The summed E-state index contributed by atoms with van der Waals surface area (Å²) in [4.78, 5) is 9.97. The van der Waals surface area contributed by atoms with Crippen LogP contribution >= 0.6 is 0 Å². The number of halogens is 1. The van der Waals surface area contributed by atoms with Crippen LogP contribution in [0.2, 0.25) is 0 Å². The molecular weight excluding hydrogens is 181 g/mol. The maximum Gasteiger partial charge on any atom is 0.131 e. The highest BCUT2D eigenvalue weighted by Crippen LogP contribution is 2.08. The number of carbonyl (C=O) groups is 1. The van der Waals surface area contributed by atoms with Gasteiger partial charge in [0.2, 0.25) is 0 Å². The average Bonchev–Trinajstić information content (AvgIpc) is 2.18. The first-order chi connectivity index (χ1) is 6.77. The molecule has 14 heavy (non-hydrogen) atoms. The van der Waals surface area contributed by atoms with Crippen LogP contribution in [0.1, 0.15) is 17.5 Å². The van der Waals surface area contributed by atoms with Crippen molar-refractivity contribution in [1.82, 2.24) is 0 Å². The molecule has 0 heterocycles. The lowest BCUT2D eigenvalue weighted by atomic mass is 10.1. The average molecular weight is 191 g/mol. The third-order valence-electron chi connectivity index (χ3n) is 1.69. The summed E-state index contributed by atoms with van der Waals surface area (Å²) in [5.74, 6) is 4.92. The van der Waals surface area contributed by atoms with Crippen LogP contribution < -0.4 is 5.73 Å². The van der Waals surface area contributed by atoms with Gasteiger partial charge in [-0.15, -0.1) is 0 Å². The summed E-state index contributed by atoms with van der Waals surface area (Å²) in [6.45, 7) is 0.174. The van der Waals surface area contributed by atoms with Crippen LogP contribution in [-0.2, 0) is 11.3 Å². The van der Waals surface area contributed by atoms with E-state index in [9.17, 15) is 9.18 Å². The molecule has 1 aromatic rings. The molecule has 0 radical (unpaired) electrons. The summed E-state index contributed by atoms with van der Waals surface area (Å²) in [6, 6.07) is 4.60. The number of hydrogen-bond acceptors (Lipinski definition) is 2. The van der Waals surface area contributed by atoms with E-state index in [1.807, 2.05) is 0 Å². The first kappa shape index (κ1) is 10.4. The van der Waals surface area contributed by atoms with Crippen molar-refractivity contribution in [3.63, 3.8) is 0 Å². The maximum absolute atomic E-state index is 13.1. The second-order valence-corrected chi connectivity index (χ2v) is 2.68. The Morgan fingerprint density at radius 3 is 2.86 bits per heavy atom. The normalized spacial score (nSPS) is 9.00. The fourth-order valence-corrected chi connectivity index (χ4v) is 0.985. The van der Waals surface area contributed by atoms with Gasteiger partial charge in [-0.3, -0.25) is 0 Å². The molecule has 0 spiro atoms. The van der Waals surface area contributed by atoms with Gasteiger partial charge >= 0.3 is 0 Å². The Bertz CT molecular complexity index is 390. The van der Waals surface area contributed by atoms with Gasteiger partial charge in [-0.2, -0.15) is 0 Å². The van der Waals surface area contributed by atoms with Crippen molar-refractivity contribution in [2.75, 3.05) is 0 Å². The molecule has 3 heteroatoms. The fraction of sp³-hybridized carbons (Fsp3) is 0.182. The van der Waals surface area contributed by atoms with Crippen LogP contribution in [0.3, 0.4) is 0 Å². The van der Waals surface area contributed by atoms with Crippen LogP contribution in [0.15, 0.2) is 18.2 Å².